The highest BCUT2D eigenvalue weighted by Gasteiger charge is 2.33. The lowest BCUT2D eigenvalue weighted by Gasteiger charge is -2.29. The van der Waals surface area contributed by atoms with Crippen LogP contribution in [0.3, 0.4) is 0 Å². The zero-order chi connectivity index (χ0) is 13.9. The lowest BCUT2D eigenvalue weighted by molar-refractivity contribution is -0.155. The van der Waals surface area contributed by atoms with E-state index in [9.17, 15) is 4.79 Å². The predicted molar refractivity (Wildman–Crippen MR) is 77.0 cm³/mol. The van der Waals surface area contributed by atoms with Crippen LogP contribution in [0.5, 0.6) is 0 Å². The van der Waals surface area contributed by atoms with E-state index in [1.807, 2.05) is 20.8 Å². The molecule has 1 aliphatic heterocycles. The summed E-state index contributed by atoms with van der Waals surface area (Å²) in [6.45, 7) is 7.85. The van der Waals surface area contributed by atoms with Crippen molar-refractivity contribution in [2.24, 2.45) is 5.92 Å². The quantitative estimate of drug-likeness (QED) is 0.731. The molecule has 19 heavy (non-hydrogen) atoms. The Bertz CT molecular complexity index is 302. The molecule has 0 spiro atoms. The monoisotopic (exact) mass is 267 g/mol. The first-order valence-corrected chi connectivity index (χ1v) is 7.91. The minimum absolute atomic E-state index is 0.0513. The first-order chi connectivity index (χ1) is 8.96. The van der Waals surface area contributed by atoms with E-state index in [2.05, 4.69) is 4.90 Å². The number of carbonyl (C=O) groups is 1. The van der Waals surface area contributed by atoms with Crippen LogP contribution in [0.4, 0.5) is 0 Å². The summed E-state index contributed by atoms with van der Waals surface area (Å²) < 4.78 is 5.39. The van der Waals surface area contributed by atoms with Gasteiger partial charge in [0, 0.05) is 12.6 Å². The number of nitrogens with zero attached hydrogens (tertiary/aromatic N) is 1. The molecule has 1 aliphatic carbocycles. The van der Waals surface area contributed by atoms with Gasteiger partial charge in [0.15, 0.2) is 0 Å². The van der Waals surface area contributed by atoms with Crippen molar-refractivity contribution >= 4 is 5.97 Å². The van der Waals surface area contributed by atoms with Crippen LogP contribution in [-0.2, 0) is 9.53 Å². The van der Waals surface area contributed by atoms with Gasteiger partial charge in [0.1, 0.15) is 5.60 Å². The largest absolute Gasteiger partial charge is 0.460 e. The molecule has 0 aromatic heterocycles. The Labute approximate surface area is 117 Å². The predicted octanol–water partition coefficient (Wildman–Crippen LogP) is 3.37. The molecular weight excluding hydrogens is 238 g/mol. The van der Waals surface area contributed by atoms with Crippen LogP contribution in [-0.4, -0.2) is 35.6 Å². The number of carbonyl (C=O) groups excluding carboxylic acids is 1. The van der Waals surface area contributed by atoms with Gasteiger partial charge in [-0.05, 0) is 58.9 Å². The summed E-state index contributed by atoms with van der Waals surface area (Å²) in [5, 5.41) is 0. The first kappa shape index (κ1) is 14.8. The van der Waals surface area contributed by atoms with E-state index in [4.69, 9.17) is 4.74 Å². The van der Waals surface area contributed by atoms with E-state index in [-0.39, 0.29) is 11.6 Å². The van der Waals surface area contributed by atoms with E-state index in [0.29, 0.717) is 6.42 Å². The van der Waals surface area contributed by atoms with Crippen LogP contribution in [0, 0.1) is 5.92 Å². The van der Waals surface area contributed by atoms with Gasteiger partial charge in [0.2, 0.25) is 0 Å². The average Bonchev–Trinajstić information content (AvgIpc) is 2.94. The first-order valence-electron chi connectivity index (χ1n) is 7.91. The van der Waals surface area contributed by atoms with Crippen LogP contribution in [0.1, 0.15) is 65.7 Å². The molecule has 0 aromatic carbocycles. The second-order valence-electron chi connectivity index (χ2n) is 7.13. The maximum atomic E-state index is 11.8. The molecule has 0 bridgehead atoms. The average molecular weight is 267 g/mol. The highest BCUT2D eigenvalue weighted by atomic mass is 16.6. The molecule has 2 rings (SSSR count). The van der Waals surface area contributed by atoms with Crippen LogP contribution in [0.2, 0.25) is 0 Å². The second-order valence-corrected chi connectivity index (χ2v) is 7.13. The number of hydrogen-bond acceptors (Lipinski definition) is 3. The summed E-state index contributed by atoms with van der Waals surface area (Å²) in [5.41, 5.74) is -0.354. The van der Waals surface area contributed by atoms with Crippen LogP contribution in [0.25, 0.3) is 0 Å². The fraction of sp³-hybridized carbons (Fsp3) is 0.938. The molecule has 2 fully saturated rings. The summed E-state index contributed by atoms with van der Waals surface area (Å²) in [4.78, 5) is 14.3. The fourth-order valence-electron chi connectivity index (χ4n) is 3.63. The summed E-state index contributed by atoms with van der Waals surface area (Å²) in [6.07, 6.45) is 8.78. The molecule has 0 aromatic rings. The zero-order valence-electron chi connectivity index (χ0n) is 12.8. The minimum Gasteiger partial charge on any atom is -0.460 e. The summed E-state index contributed by atoms with van der Waals surface area (Å²) in [7, 11) is 0. The van der Waals surface area contributed by atoms with E-state index >= 15 is 0 Å². The van der Waals surface area contributed by atoms with E-state index in [0.717, 1.165) is 18.5 Å². The Balaban J connectivity index is 1.76. The maximum absolute atomic E-state index is 11.8. The summed E-state index contributed by atoms with van der Waals surface area (Å²) in [5.74, 6) is 0.839. The Kier molecular flexibility index (Phi) is 4.88. The normalized spacial score (nSPS) is 25.9. The van der Waals surface area contributed by atoms with Gasteiger partial charge in [0.25, 0.3) is 0 Å². The standard InChI is InChI=1S/C16H29NO2/c1-16(2,3)19-15(18)10-12-17-11-6-9-14(17)13-7-4-5-8-13/h13-14H,4-12H2,1-3H3. The lowest BCUT2D eigenvalue weighted by Crippen LogP contribution is -2.36. The number of rotatable bonds is 4. The van der Waals surface area contributed by atoms with Gasteiger partial charge >= 0.3 is 5.97 Å². The molecule has 1 saturated heterocycles. The molecule has 1 heterocycles. The number of ether oxygens (including phenoxy) is 1. The van der Waals surface area contributed by atoms with Gasteiger partial charge in [0.05, 0.1) is 6.42 Å². The van der Waals surface area contributed by atoms with Gasteiger partial charge in [-0.2, -0.15) is 0 Å². The van der Waals surface area contributed by atoms with Crippen molar-refractivity contribution in [1.82, 2.24) is 4.90 Å². The van der Waals surface area contributed by atoms with E-state index in [1.165, 1.54) is 45.1 Å². The minimum atomic E-state index is -0.354. The van der Waals surface area contributed by atoms with Gasteiger partial charge in [-0.3, -0.25) is 9.69 Å². The molecule has 0 N–H and O–H groups in total. The van der Waals surface area contributed by atoms with Crippen molar-refractivity contribution in [3.05, 3.63) is 0 Å². The molecule has 1 unspecified atom stereocenters. The van der Waals surface area contributed by atoms with Gasteiger partial charge < -0.3 is 4.74 Å². The SMILES string of the molecule is CC(C)(C)OC(=O)CCN1CCCC1C1CCCC1. The van der Waals surface area contributed by atoms with Crippen molar-refractivity contribution in [1.29, 1.82) is 0 Å². The van der Waals surface area contributed by atoms with E-state index < -0.39 is 0 Å². The second kappa shape index (κ2) is 6.25. The highest BCUT2D eigenvalue weighted by Crippen LogP contribution is 2.35. The third-order valence-electron chi connectivity index (χ3n) is 4.38. The van der Waals surface area contributed by atoms with Crippen molar-refractivity contribution in [3.63, 3.8) is 0 Å². The highest BCUT2D eigenvalue weighted by molar-refractivity contribution is 5.70. The molecule has 3 nitrogen and oxygen atoms in total. The Morgan fingerprint density at radius 1 is 1.16 bits per heavy atom. The van der Waals surface area contributed by atoms with Gasteiger partial charge in [-0.1, -0.05) is 12.8 Å². The molecule has 1 saturated carbocycles. The Morgan fingerprint density at radius 2 is 1.84 bits per heavy atom. The van der Waals surface area contributed by atoms with Crippen molar-refractivity contribution in [3.8, 4) is 0 Å². The Morgan fingerprint density at radius 3 is 2.47 bits per heavy atom. The van der Waals surface area contributed by atoms with Crippen LogP contribution in [0.15, 0.2) is 0 Å². The molecule has 0 radical (unpaired) electrons. The molecule has 3 heteroatoms. The fourth-order valence-corrected chi connectivity index (χ4v) is 3.63. The topological polar surface area (TPSA) is 29.5 Å². The third-order valence-corrected chi connectivity index (χ3v) is 4.38. The molecule has 0 amide bonds. The smallest absolute Gasteiger partial charge is 0.307 e. The van der Waals surface area contributed by atoms with Crippen molar-refractivity contribution in [2.75, 3.05) is 13.1 Å². The Hall–Kier alpha value is -0.570. The molecule has 2 aliphatic rings. The molecule has 110 valence electrons. The zero-order valence-corrected chi connectivity index (χ0v) is 12.8. The lowest BCUT2D eigenvalue weighted by atomic mass is 9.96. The van der Waals surface area contributed by atoms with E-state index in [1.54, 1.807) is 0 Å². The molecule has 1 atom stereocenters. The number of likely N-dealkylation sites (tertiary alicyclic amines) is 1. The molecular formula is C16H29NO2. The number of esters is 1. The maximum Gasteiger partial charge on any atom is 0.307 e. The summed E-state index contributed by atoms with van der Waals surface area (Å²) in [6, 6.07) is 0.741. The summed E-state index contributed by atoms with van der Waals surface area (Å²) >= 11 is 0. The van der Waals surface area contributed by atoms with Gasteiger partial charge in [-0.15, -0.1) is 0 Å². The van der Waals surface area contributed by atoms with Crippen molar-refractivity contribution in [2.45, 2.75) is 77.4 Å². The van der Waals surface area contributed by atoms with Gasteiger partial charge in [-0.25, -0.2) is 0 Å². The van der Waals surface area contributed by atoms with Crippen LogP contribution >= 0.6 is 0 Å². The van der Waals surface area contributed by atoms with Crippen molar-refractivity contribution < 1.29 is 9.53 Å². The van der Waals surface area contributed by atoms with Crippen LogP contribution < -0.4 is 0 Å². The third kappa shape index (κ3) is 4.48. The number of hydrogen-bond donors (Lipinski definition) is 0.